The number of allylic oxidation sites excluding steroid dienone is 1. The second-order valence-electron chi connectivity index (χ2n) is 6.74. The normalized spacial score (nSPS) is 11.9. The summed E-state index contributed by atoms with van der Waals surface area (Å²) in [7, 11) is 0. The van der Waals surface area contributed by atoms with E-state index in [1.165, 1.54) is 30.4 Å². The van der Waals surface area contributed by atoms with Crippen molar-refractivity contribution in [3.8, 4) is 22.6 Å². The van der Waals surface area contributed by atoms with Crippen molar-refractivity contribution < 1.29 is 26.8 Å². The van der Waals surface area contributed by atoms with Gasteiger partial charge in [0.2, 0.25) is 5.78 Å². The second-order valence-corrected chi connectivity index (χ2v) is 7.55. The molecule has 0 radical (unpaired) electrons. The zero-order valence-corrected chi connectivity index (χ0v) is 17.6. The summed E-state index contributed by atoms with van der Waals surface area (Å²) >= 11 is 12.2. The number of furan rings is 2. The van der Waals surface area contributed by atoms with Crippen molar-refractivity contribution in [2.75, 3.05) is 0 Å². The Morgan fingerprint density at radius 1 is 0.812 bits per heavy atom. The molecular formula is C24H13Cl2F3O3. The first-order valence-corrected chi connectivity index (χ1v) is 10.0. The Balaban J connectivity index is 1.53. The highest BCUT2D eigenvalue weighted by Crippen LogP contribution is 2.36. The molecule has 2 aromatic heterocycles. The lowest BCUT2D eigenvalue weighted by molar-refractivity contribution is -0.137. The maximum atomic E-state index is 13.0. The van der Waals surface area contributed by atoms with Crippen molar-refractivity contribution >= 4 is 35.1 Å². The molecular weight excluding hydrogens is 464 g/mol. The standard InChI is InChI=1S/C24H13Cl2F3O3/c25-18-4-2-1-3-16(18)21-11-12-23(32-21)20(30)9-6-15-7-10-22(31-15)17-13-14(24(27,28)29)5-8-19(17)26/h1-13H. The summed E-state index contributed by atoms with van der Waals surface area (Å²) in [4.78, 5) is 12.4. The smallest absolute Gasteiger partial charge is 0.416 e. The van der Waals surface area contributed by atoms with Crippen LogP contribution in [0.1, 0.15) is 21.9 Å². The van der Waals surface area contributed by atoms with Crippen LogP contribution in [0.5, 0.6) is 0 Å². The molecule has 0 unspecified atom stereocenters. The molecule has 0 N–H and O–H groups in total. The minimum absolute atomic E-state index is 0.0999. The Hall–Kier alpha value is -3.22. The molecule has 4 aromatic rings. The molecule has 0 aliphatic carbocycles. The Kier molecular flexibility index (Phi) is 6.00. The molecule has 8 heteroatoms. The number of alkyl halides is 3. The van der Waals surface area contributed by atoms with Gasteiger partial charge in [0, 0.05) is 11.1 Å². The highest BCUT2D eigenvalue weighted by molar-refractivity contribution is 6.33. The molecule has 0 atom stereocenters. The number of carbonyl (C=O) groups excluding carboxylic acids is 1. The van der Waals surface area contributed by atoms with E-state index in [2.05, 4.69) is 0 Å². The molecule has 32 heavy (non-hydrogen) atoms. The monoisotopic (exact) mass is 476 g/mol. The molecule has 0 bridgehead atoms. The van der Waals surface area contributed by atoms with Crippen LogP contribution in [0, 0.1) is 0 Å². The minimum Gasteiger partial charge on any atom is -0.457 e. The van der Waals surface area contributed by atoms with Crippen LogP contribution in [0.4, 0.5) is 13.2 Å². The number of carbonyl (C=O) groups is 1. The fourth-order valence-electron chi connectivity index (χ4n) is 2.99. The molecule has 4 rings (SSSR count). The van der Waals surface area contributed by atoms with Crippen LogP contribution in [0.25, 0.3) is 28.7 Å². The van der Waals surface area contributed by atoms with Gasteiger partial charge in [-0.1, -0.05) is 35.3 Å². The average molecular weight is 477 g/mol. The van der Waals surface area contributed by atoms with E-state index in [0.29, 0.717) is 16.3 Å². The first-order valence-electron chi connectivity index (χ1n) is 9.26. The van der Waals surface area contributed by atoms with Gasteiger partial charge in [0.25, 0.3) is 0 Å². The van der Waals surface area contributed by atoms with Gasteiger partial charge in [-0.05, 0) is 66.7 Å². The number of halogens is 5. The van der Waals surface area contributed by atoms with Gasteiger partial charge in [0.15, 0.2) is 5.76 Å². The van der Waals surface area contributed by atoms with Gasteiger partial charge in [0.1, 0.15) is 17.3 Å². The molecule has 2 aromatic carbocycles. The fraction of sp³-hybridized carbons (Fsp3) is 0.0417. The molecule has 162 valence electrons. The topological polar surface area (TPSA) is 43.4 Å². The Labute approximate surface area is 190 Å². The van der Waals surface area contributed by atoms with Crippen LogP contribution < -0.4 is 0 Å². The third-order valence-corrected chi connectivity index (χ3v) is 5.23. The molecule has 0 saturated carbocycles. The Morgan fingerprint density at radius 3 is 2.25 bits per heavy atom. The lowest BCUT2D eigenvalue weighted by atomic mass is 10.1. The van der Waals surface area contributed by atoms with Gasteiger partial charge in [-0.25, -0.2) is 0 Å². The van der Waals surface area contributed by atoms with Crippen LogP contribution in [0.3, 0.4) is 0 Å². The number of ketones is 1. The minimum atomic E-state index is -4.51. The van der Waals surface area contributed by atoms with Gasteiger partial charge >= 0.3 is 6.18 Å². The second kappa shape index (κ2) is 8.73. The summed E-state index contributed by atoms with van der Waals surface area (Å²) in [6, 6.07) is 16.2. The Bertz CT molecular complexity index is 1320. The molecule has 0 saturated heterocycles. The third-order valence-electron chi connectivity index (χ3n) is 4.57. The molecule has 3 nitrogen and oxygen atoms in total. The van der Waals surface area contributed by atoms with E-state index in [1.807, 2.05) is 0 Å². The highest BCUT2D eigenvalue weighted by Gasteiger charge is 2.31. The van der Waals surface area contributed by atoms with Crippen molar-refractivity contribution in [2.45, 2.75) is 6.18 Å². The quantitative estimate of drug-likeness (QED) is 0.214. The van der Waals surface area contributed by atoms with Gasteiger partial charge < -0.3 is 8.83 Å². The summed E-state index contributed by atoms with van der Waals surface area (Å²) in [6.07, 6.45) is -1.87. The SMILES string of the molecule is O=C(C=Cc1ccc(-c2cc(C(F)(F)F)ccc2Cl)o1)c1ccc(-c2ccccc2Cl)o1. The maximum Gasteiger partial charge on any atom is 0.416 e. The first-order chi connectivity index (χ1) is 15.2. The summed E-state index contributed by atoms with van der Waals surface area (Å²) < 4.78 is 50.1. The third kappa shape index (κ3) is 4.66. The average Bonchev–Trinajstić information content (AvgIpc) is 3.42. The zero-order valence-electron chi connectivity index (χ0n) is 16.1. The van der Waals surface area contributed by atoms with Crippen molar-refractivity contribution in [3.63, 3.8) is 0 Å². The van der Waals surface area contributed by atoms with Crippen LogP contribution in [0.15, 0.2) is 81.6 Å². The number of rotatable bonds is 5. The van der Waals surface area contributed by atoms with Crippen LogP contribution in [-0.2, 0) is 6.18 Å². The first kappa shape index (κ1) is 22.0. The number of hydrogen-bond acceptors (Lipinski definition) is 3. The van der Waals surface area contributed by atoms with E-state index in [0.717, 1.165) is 18.2 Å². The predicted molar refractivity (Wildman–Crippen MR) is 117 cm³/mol. The van der Waals surface area contributed by atoms with Crippen molar-refractivity contribution in [3.05, 3.63) is 99.9 Å². The molecule has 0 spiro atoms. The van der Waals surface area contributed by atoms with Crippen LogP contribution >= 0.6 is 23.2 Å². The van der Waals surface area contributed by atoms with E-state index < -0.39 is 17.5 Å². The van der Waals surface area contributed by atoms with Crippen LogP contribution in [0.2, 0.25) is 10.0 Å². The molecule has 0 fully saturated rings. The van der Waals surface area contributed by atoms with E-state index in [4.69, 9.17) is 32.0 Å². The summed E-state index contributed by atoms with van der Waals surface area (Å²) in [6.45, 7) is 0. The van der Waals surface area contributed by atoms with Gasteiger partial charge in [-0.15, -0.1) is 0 Å². The van der Waals surface area contributed by atoms with E-state index in [9.17, 15) is 18.0 Å². The van der Waals surface area contributed by atoms with Crippen molar-refractivity contribution in [2.24, 2.45) is 0 Å². The Morgan fingerprint density at radius 2 is 1.50 bits per heavy atom. The maximum absolute atomic E-state index is 13.0. The lowest BCUT2D eigenvalue weighted by Gasteiger charge is -2.09. The van der Waals surface area contributed by atoms with Crippen molar-refractivity contribution in [1.82, 2.24) is 0 Å². The lowest BCUT2D eigenvalue weighted by Crippen LogP contribution is -2.04. The molecule has 0 aliphatic heterocycles. The molecule has 0 aliphatic rings. The van der Waals surface area contributed by atoms with Gasteiger partial charge in [-0.2, -0.15) is 13.2 Å². The van der Waals surface area contributed by atoms with Gasteiger partial charge in [0.05, 0.1) is 15.6 Å². The zero-order chi connectivity index (χ0) is 22.9. The number of benzene rings is 2. The molecule has 0 amide bonds. The summed E-state index contributed by atoms with van der Waals surface area (Å²) in [5.74, 6) is 0.543. The van der Waals surface area contributed by atoms with Crippen molar-refractivity contribution in [1.29, 1.82) is 0 Å². The highest BCUT2D eigenvalue weighted by atomic mass is 35.5. The van der Waals surface area contributed by atoms with E-state index in [1.54, 1.807) is 30.3 Å². The largest absolute Gasteiger partial charge is 0.457 e. The van der Waals surface area contributed by atoms with Crippen LogP contribution in [-0.4, -0.2) is 5.78 Å². The molecule has 2 heterocycles. The van der Waals surface area contributed by atoms with E-state index >= 15 is 0 Å². The summed E-state index contributed by atoms with van der Waals surface area (Å²) in [5.41, 5.74) is -0.0820. The number of hydrogen-bond donors (Lipinski definition) is 0. The van der Waals surface area contributed by atoms with Gasteiger partial charge in [-0.3, -0.25) is 4.79 Å². The van der Waals surface area contributed by atoms with E-state index in [-0.39, 0.29) is 27.9 Å². The predicted octanol–water partition coefficient (Wildman–Crippen LogP) is 8.43. The fourth-order valence-corrected chi connectivity index (χ4v) is 3.43. The summed E-state index contributed by atoms with van der Waals surface area (Å²) in [5, 5.41) is 0.606.